The minimum absolute atomic E-state index is 0.281. The fraction of sp³-hybridized carbons (Fsp3) is 0.692. The number of anilines is 1. The van der Waals surface area contributed by atoms with Gasteiger partial charge in [0.2, 0.25) is 11.0 Å². The Morgan fingerprint density at radius 3 is 2.90 bits per heavy atom. The first kappa shape index (κ1) is 13.1. The van der Waals surface area contributed by atoms with Gasteiger partial charge >= 0.3 is 0 Å². The molecule has 2 saturated heterocycles. The molecule has 2 aromatic heterocycles. The molecule has 0 saturated carbocycles. The van der Waals surface area contributed by atoms with Gasteiger partial charge in [0.05, 0.1) is 12.7 Å². The summed E-state index contributed by atoms with van der Waals surface area (Å²) in [7, 11) is 0. The highest BCUT2D eigenvalue weighted by Gasteiger charge is 2.45. The van der Waals surface area contributed by atoms with E-state index in [1.54, 1.807) is 11.3 Å². The van der Waals surface area contributed by atoms with Gasteiger partial charge < -0.3 is 14.2 Å². The van der Waals surface area contributed by atoms with Gasteiger partial charge in [0.15, 0.2) is 5.82 Å². The molecule has 7 nitrogen and oxygen atoms in total. The van der Waals surface area contributed by atoms with Gasteiger partial charge in [-0.25, -0.2) is 0 Å². The second-order valence-electron chi connectivity index (χ2n) is 5.74. The first-order valence-corrected chi connectivity index (χ1v) is 7.96. The van der Waals surface area contributed by atoms with Crippen LogP contribution in [0.4, 0.5) is 5.13 Å². The van der Waals surface area contributed by atoms with Gasteiger partial charge in [-0.15, -0.1) is 10.2 Å². The largest absolute Gasteiger partial charge is 0.376 e. The minimum atomic E-state index is 0.281. The average Bonchev–Trinajstić information content (AvgIpc) is 3.16. The van der Waals surface area contributed by atoms with Crippen LogP contribution in [0.25, 0.3) is 0 Å². The standard InChI is InChI=1S/C13H17N5O2S/c1-7-14-12(20-17-7)3-9-6-19-11-5-18(4-10(9)11)13-16-15-8(2)21-13/h9-11H,3-6H2,1-2H3/t9-,10+,11+/m1/s1. The number of ether oxygens (including phenoxy) is 1. The fourth-order valence-electron chi connectivity index (χ4n) is 3.23. The first-order chi connectivity index (χ1) is 10.2. The molecule has 21 heavy (non-hydrogen) atoms. The smallest absolute Gasteiger partial charge is 0.227 e. The van der Waals surface area contributed by atoms with Gasteiger partial charge in [-0.3, -0.25) is 0 Å². The van der Waals surface area contributed by atoms with Crippen molar-refractivity contribution in [3.8, 4) is 0 Å². The molecule has 112 valence electrons. The first-order valence-electron chi connectivity index (χ1n) is 7.15. The van der Waals surface area contributed by atoms with E-state index < -0.39 is 0 Å². The SMILES string of the molecule is Cc1noc(C[C@@H]2CO[C@H]3CN(c4nnc(C)s4)C[C@@H]23)n1. The summed E-state index contributed by atoms with van der Waals surface area (Å²) in [6, 6.07) is 0. The topological polar surface area (TPSA) is 77.2 Å². The molecule has 0 aliphatic carbocycles. The second-order valence-corrected chi connectivity index (χ2v) is 6.90. The van der Waals surface area contributed by atoms with Crippen molar-refractivity contribution >= 4 is 16.5 Å². The quantitative estimate of drug-likeness (QED) is 0.844. The molecule has 2 aromatic rings. The zero-order valence-electron chi connectivity index (χ0n) is 12.0. The predicted octanol–water partition coefficient (Wildman–Crippen LogP) is 1.23. The molecule has 0 spiro atoms. The number of hydrogen-bond acceptors (Lipinski definition) is 8. The Labute approximate surface area is 126 Å². The van der Waals surface area contributed by atoms with Crippen LogP contribution in [-0.4, -0.2) is 46.1 Å². The van der Waals surface area contributed by atoms with Crippen LogP contribution in [0.3, 0.4) is 0 Å². The van der Waals surface area contributed by atoms with Gasteiger partial charge in [0.1, 0.15) is 5.01 Å². The van der Waals surface area contributed by atoms with Gasteiger partial charge in [-0.05, 0) is 19.8 Å². The van der Waals surface area contributed by atoms with Crippen molar-refractivity contribution in [3.63, 3.8) is 0 Å². The zero-order chi connectivity index (χ0) is 14.4. The van der Waals surface area contributed by atoms with Crippen LogP contribution in [0.15, 0.2) is 4.52 Å². The Bertz CT molecular complexity index is 642. The molecule has 0 aromatic carbocycles. The van der Waals surface area contributed by atoms with Gasteiger partial charge in [0.25, 0.3) is 0 Å². The molecule has 0 radical (unpaired) electrons. The summed E-state index contributed by atoms with van der Waals surface area (Å²) in [5.74, 6) is 2.35. The van der Waals surface area contributed by atoms with Crippen molar-refractivity contribution < 1.29 is 9.26 Å². The molecule has 2 aliphatic heterocycles. The highest BCUT2D eigenvalue weighted by atomic mass is 32.1. The van der Waals surface area contributed by atoms with Crippen LogP contribution in [0.5, 0.6) is 0 Å². The fourth-order valence-corrected chi connectivity index (χ4v) is 3.93. The molecule has 0 bridgehead atoms. The summed E-state index contributed by atoms with van der Waals surface area (Å²) in [5, 5.41) is 14.2. The highest BCUT2D eigenvalue weighted by Crippen LogP contribution is 2.37. The Kier molecular flexibility index (Phi) is 3.15. The molecule has 4 rings (SSSR count). The Balaban J connectivity index is 1.46. The molecule has 2 aliphatic rings. The lowest BCUT2D eigenvalue weighted by atomic mass is 9.90. The molecule has 0 amide bonds. The van der Waals surface area contributed by atoms with Crippen LogP contribution in [0.2, 0.25) is 0 Å². The molecule has 2 fully saturated rings. The normalized spacial score (nSPS) is 28.3. The van der Waals surface area contributed by atoms with Crippen molar-refractivity contribution in [1.29, 1.82) is 0 Å². The summed E-state index contributed by atoms with van der Waals surface area (Å²) in [4.78, 5) is 6.58. The minimum Gasteiger partial charge on any atom is -0.376 e. The molecule has 0 unspecified atom stereocenters. The van der Waals surface area contributed by atoms with Gasteiger partial charge in [-0.1, -0.05) is 16.5 Å². The molecule has 8 heteroatoms. The van der Waals surface area contributed by atoms with Crippen molar-refractivity contribution in [2.45, 2.75) is 26.4 Å². The van der Waals surface area contributed by atoms with E-state index in [1.165, 1.54) is 0 Å². The number of aromatic nitrogens is 4. The highest BCUT2D eigenvalue weighted by molar-refractivity contribution is 7.15. The van der Waals surface area contributed by atoms with Crippen LogP contribution in [-0.2, 0) is 11.2 Å². The summed E-state index contributed by atoms with van der Waals surface area (Å²) in [6.07, 6.45) is 1.08. The lowest BCUT2D eigenvalue weighted by molar-refractivity contribution is 0.111. The number of rotatable bonds is 3. The summed E-state index contributed by atoms with van der Waals surface area (Å²) in [5.41, 5.74) is 0. The lowest BCUT2D eigenvalue weighted by Gasteiger charge is -2.17. The van der Waals surface area contributed by atoms with Crippen molar-refractivity contribution in [1.82, 2.24) is 20.3 Å². The predicted molar refractivity (Wildman–Crippen MR) is 76.3 cm³/mol. The maximum Gasteiger partial charge on any atom is 0.227 e. The Morgan fingerprint density at radius 1 is 1.29 bits per heavy atom. The number of nitrogens with zero attached hydrogens (tertiary/aromatic N) is 5. The molecule has 0 N–H and O–H groups in total. The van der Waals surface area contributed by atoms with E-state index in [2.05, 4.69) is 25.2 Å². The van der Waals surface area contributed by atoms with Crippen LogP contribution in [0, 0.1) is 25.7 Å². The molecule has 3 atom stereocenters. The van der Waals surface area contributed by atoms with Gasteiger partial charge in [-0.2, -0.15) is 4.98 Å². The molecular weight excluding hydrogens is 290 g/mol. The van der Waals surface area contributed by atoms with E-state index in [0.29, 0.717) is 23.6 Å². The third kappa shape index (κ3) is 2.42. The summed E-state index contributed by atoms with van der Waals surface area (Å²) < 4.78 is 11.2. The third-order valence-corrected chi connectivity index (χ3v) is 5.13. The van der Waals surface area contributed by atoms with Crippen molar-refractivity contribution in [2.24, 2.45) is 11.8 Å². The van der Waals surface area contributed by atoms with E-state index in [4.69, 9.17) is 9.26 Å². The van der Waals surface area contributed by atoms with Crippen LogP contribution >= 0.6 is 11.3 Å². The number of hydrogen-bond donors (Lipinski definition) is 0. The second kappa shape index (κ2) is 5.03. The van der Waals surface area contributed by atoms with E-state index in [-0.39, 0.29) is 6.10 Å². The average molecular weight is 307 g/mol. The van der Waals surface area contributed by atoms with Crippen LogP contribution < -0.4 is 4.90 Å². The van der Waals surface area contributed by atoms with E-state index in [0.717, 1.165) is 36.3 Å². The van der Waals surface area contributed by atoms with E-state index in [1.807, 2.05) is 13.8 Å². The lowest BCUT2D eigenvalue weighted by Crippen LogP contribution is -2.24. The van der Waals surface area contributed by atoms with Crippen molar-refractivity contribution in [3.05, 3.63) is 16.7 Å². The maximum atomic E-state index is 5.95. The Morgan fingerprint density at radius 2 is 2.19 bits per heavy atom. The summed E-state index contributed by atoms with van der Waals surface area (Å²) in [6.45, 7) is 6.47. The van der Waals surface area contributed by atoms with E-state index >= 15 is 0 Å². The third-order valence-electron chi connectivity index (χ3n) is 4.23. The maximum absolute atomic E-state index is 5.95. The Hall–Kier alpha value is -1.54. The monoisotopic (exact) mass is 307 g/mol. The molecule has 4 heterocycles. The van der Waals surface area contributed by atoms with E-state index in [9.17, 15) is 0 Å². The molecular formula is C13H17N5O2S. The van der Waals surface area contributed by atoms with Crippen LogP contribution in [0.1, 0.15) is 16.7 Å². The summed E-state index contributed by atoms with van der Waals surface area (Å²) >= 11 is 1.64. The van der Waals surface area contributed by atoms with Crippen molar-refractivity contribution in [2.75, 3.05) is 24.6 Å². The zero-order valence-corrected chi connectivity index (χ0v) is 12.8. The number of aryl methyl sites for hydroxylation is 2. The van der Waals surface area contributed by atoms with Gasteiger partial charge in [0, 0.05) is 25.4 Å². The number of fused-ring (bicyclic) bond motifs is 1.